The zero-order valence-electron chi connectivity index (χ0n) is 16.8. The predicted molar refractivity (Wildman–Crippen MR) is 100 cm³/mol. The van der Waals surface area contributed by atoms with Crippen molar-refractivity contribution in [3.05, 3.63) is 12.2 Å². The first kappa shape index (κ1) is 24.8. The fraction of sp³-hybridized carbons (Fsp3) is 0.778. The van der Waals surface area contributed by atoms with Crippen molar-refractivity contribution >= 4 is 19.5 Å². The van der Waals surface area contributed by atoms with Crippen LogP contribution < -0.4 is 0 Å². The van der Waals surface area contributed by atoms with Crippen LogP contribution in [-0.2, 0) is 32.7 Å². The lowest BCUT2D eigenvalue weighted by molar-refractivity contribution is -0.149. The number of esters is 2. The highest BCUT2D eigenvalue weighted by atomic mass is 31.2. The highest BCUT2D eigenvalue weighted by molar-refractivity contribution is 7.54. The zero-order chi connectivity index (χ0) is 20.2. The van der Waals surface area contributed by atoms with Gasteiger partial charge in [-0.05, 0) is 53.5 Å². The molecule has 0 amide bonds. The largest absolute Gasteiger partial charge is 0.458 e. The van der Waals surface area contributed by atoms with Crippen molar-refractivity contribution in [2.75, 3.05) is 19.4 Å². The van der Waals surface area contributed by atoms with E-state index in [1.165, 1.54) is 12.2 Å². The third-order valence-corrected chi connectivity index (χ3v) is 4.90. The first-order valence-corrected chi connectivity index (χ1v) is 10.8. The van der Waals surface area contributed by atoms with Gasteiger partial charge in [0.25, 0.3) is 0 Å². The average molecular weight is 392 g/mol. The lowest BCUT2D eigenvalue weighted by Gasteiger charge is -2.19. The van der Waals surface area contributed by atoms with Crippen LogP contribution in [0.2, 0.25) is 0 Å². The lowest BCUT2D eigenvalue weighted by Crippen LogP contribution is -2.23. The van der Waals surface area contributed by atoms with Gasteiger partial charge in [-0.25, -0.2) is 4.79 Å². The Balaban J connectivity index is 4.90. The molecule has 0 rings (SSSR count). The Hall–Kier alpha value is -1.17. The molecule has 1 unspecified atom stereocenters. The number of carbonyl (C=O) groups is 2. The summed E-state index contributed by atoms with van der Waals surface area (Å²) in [6, 6.07) is 0. The van der Waals surface area contributed by atoms with Crippen molar-refractivity contribution in [3.63, 3.8) is 0 Å². The number of unbranched alkanes of at least 4 members (excludes halogenated alkanes) is 1. The molecule has 0 bridgehead atoms. The Bertz CT molecular complexity index is 498. The topological polar surface area (TPSA) is 88.1 Å². The summed E-state index contributed by atoms with van der Waals surface area (Å²) in [6.07, 6.45) is 3.95. The van der Waals surface area contributed by atoms with Crippen molar-refractivity contribution in [1.29, 1.82) is 0 Å². The molecule has 152 valence electrons. The quantitative estimate of drug-likeness (QED) is 0.279. The third-order valence-electron chi connectivity index (χ3n) is 2.95. The molecule has 8 heteroatoms. The standard InChI is InChI=1S/C18H33O7P/c1-7-10-11-15(12-13-16(19)25-18(4,5)6)24-17(20)14-26(21,22-8-2)23-9-3/h12-13,15H,7-11,14H2,1-6H3/b13-12+. The maximum Gasteiger partial charge on any atom is 0.341 e. The second kappa shape index (κ2) is 12.3. The Morgan fingerprint density at radius 1 is 1.08 bits per heavy atom. The second-order valence-electron chi connectivity index (χ2n) is 6.67. The summed E-state index contributed by atoms with van der Waals surface area (Å²) in [7, 11) is -3.51. The van der Waals surface area contributed by atoms with Gasteiger partial charge >= 0.3 is 19.5 Å². The van der Waals surface area contributed by atoms with Crippen LogP contribution in [0, 0.1) is 0 Å². The second-order valence-corrected chi connectivity index (χ2v) is 8.72. The van der Waals surface area contributed by atoms with Crippen molar-refractivity contribution in [1.82, 2.24) is 0 Å². The average Bonchev–Trinajstić information content (AvgIpc) is 2.48. The summed E-state index contributed by atoms with van der Waals surface area (Å²) in [4.78, 5) is 23.9. The SMILES string of the molecule is CCCCC(/C=C/C(=O)OC(C)(C)C)OC(=O)CP(=O)(OCC)OCC. The van der Waals surface area contributed by atoms with E-state index in [9.17, 15) is 14.2 Å². The lowest BCUT2D eigenvalue weighted by atomic mass is 10.1. The van der Waals surface area contributed by atoms with Crippen LogP contribution in [0.5, 0.6) is 0 Å². The van der Waals surface area contributed by atoms with E-state index in [2.05, 4.69) is 0 Å². The fourth-order valence-corrected chi connectivity index (χ4v) is 3.44. The first-order chi connectivity index (χ1) is 12.0. The summed E-state index contributed by atoms with van der Waals surface area (Å²) in [5.41, 5.74) is -0.599. The summed E-state index contributed by atoms with van der Waals surface area (Å²) in [6.45, 7) is 11.0. The summed E-state index contributed by atoms with van der Waals surface area (Å²) in [5, 5.41) is 0. The molecule has 26 heavy (non-hydrogen) atoms. The van der Waals surface area contributed by atoms with E-state index < -0.39 is 37.4 Å². The smallest absolute Gasteiger partial charge is 0.341 e. The highest BCUT2D eigenvalue weighted by Gasteiger charge is 2.29. The summed E-state index contributed by atoms with van der Waals surface area (Å²) < 4.78 is 33.1. The minimum absolute atomic E-state index is 0.169. The Labute approximate surface area is 156 Å². The molecule has 1 atom stereocenters. The molecule has 0 spiro atoms. The zero-order valence-corrected chi connectivity index (χ0v) is 17.7. The van der Waals surface area contributed by atoms with E-state index in [1.807, 2.05) is 6.92 Å². The first-order valence-electron chi connectivity index (χ1n) is 9.04. The molecule has 0 aromatic rings. The van der Waals surface area contributed by atoms with E-state index in [-0.39, 0.29) is 13.2 Å². The molecule has 0 aromatic heterocycles. The minimum atomic E-state index is -3.51. The van der Waals surface area contributed by atoms with E-state index in [0.717, 1.165) is 12.8 Å². The van der Waals surface area contributed by atoms with E-state index in [4.69, 9.17) is 18.5 Å². The van der Waals surface area contributed by atoms with Gasteiger partial charge in [-0.3, -0.25) is 9.36 Å². The molecule has 0 aliphatic heterocycles. The van der Waals surface area contributed by atoms with Crippen LogP contribution in [0.1, 0.15) is 60.8 Å². The number of rotatable bonds is 12. The Kier molecular flexibility index (Phi) is 11.7. The van der Waals surface area contributed by atoms with E-state index in [0.29, 0.717) is 6.42 Å². The van der Waals surface area contributed by atoms with E-state index >= 15 is 0 Å². The summed E-state index contributed by atoms with van der Waals surface area (Å²) >= 11 is 0. The Morgan fingerprint density at radius 3 is 2.12 bits per heavy atom. The molecular weight excluding hydrogens is 359 g/mol. The van der Waals surface area contributed by atoms with Gasteiger partial charge in [-0.2, -0.15) is 0 Å². The Morgan fingerprint density at radius 2 is 1.65 bits per heavy atom. The fourth-order valence-electron chi connectivity index (χ4n) is 2.01. The molecule has 0 aliphatic carbocycles. The molecule has 0 fully saturated rings. The van der Waals surface area contributed by atoms with Gasteiger partial charge in [0.15, 0.2) is 0 Å². The van der Waals surface area contributed by atoms with Gasteiger partial charge in [0.05, 0.1) is 13.2 Å². The highest BCUT2D eigenvalue weighted by Crippen LogP contribution is 2.47. The van der Waals surface area contributed by atoms with Crippen LogP contribution in [0.15, 0.2) is 12.2 Å². The number of carbonyl (C=O) groups excluding carboxylic acids is 2. The molecular formula is C18H33O7P. The van der Waals surface area contributed by atoms with Crippen LogP contribution in [-0.4, -0.2) is 43.0 Å². The van der Waals surface area contributed by atoms with Crippen LogP contribution in [0.25, 0.3) is 0 Å². The monoisotopic (exact) mass is 392 g/mol. The molecule has 0 N–H and O–H groups in total. The van der Waals surface area contributed by atoms with Crippen LogP contribution >= 0.6 is 7.60 Å². The number of hydrogen-bond acceptors (Lipinski definition) is 7. The van der Waals surface area contributed by atoms with Gasteiger partial charge in [0, 0.05) is 6.08 Å². The van der Waals surface area contributed by atoms with Gasteiger partial charge in [-0.15, -0.1) is 0 Å². The molecule has 7 nitrogen and oxygen atoms in total. The maximum absolute atomic E-state index is 12.4. The number of ether oxygens (including phenoxy) is 2. The predicted octanol–water partition coefficient (Wildman–Crippen LogP) is 4.25. The van der Waals surface area contributed by atoms with Crippen molar-refractivity contribution in [2.45, 2.75) is 72.5 Å². The molecule has 0 heterocycles. The normalized spacial score (nSPS) is 13.6. The van der Waals surface area contributed by atoms with Gasteiger partial charge in [0.1, 0.15) is 17.9 Å². The van der Waals surface area contributed by atoms with Crippen LogP contribution in [0.3, 0.4) is 0 Å². The minimum Gasteiger partial charge on any atom is -0.458 e. The maximum atomic E-state index is 12.4. The molecule has 0 aromatic carbocycles. The molecule has 0 aliphatic rings. The third kappa shape index (κ3) is 12.2. The number of hydrogen-bond donors (Lipinski definition) is 0. The van der Waals surface area contributed by atoms with Gasteiger partial charge < -0.3 is 18.5 Å². The molecule has 0 radical (unpaired) electrons. The van der Waals surface area contributed by atoms with Crippen molar-refractivity contribution in [2.24, 2.45) is 0 Å². The molecule has 0 saturated carbocycles. The van der Waals surface area contributed by atoms with Crippen molar-refractivity contribution < 1.29 is 32.7 Å². The van der Waals surface area contributed by atoms with Gasteiger partial charge in [-0.1, -0.05) is 13.3 Å². The van der Waals surface area contributed by atoms with E-state index in [1.54, 1.807) is 34.6 Å². The summed E-state index contributed by atoms with van der Waals surface area (Å²) in [5.74, 6) is -1.20. The van der Waals surface area contributed by atoms with Crippen molar-refractivity contribution in [3.8, 4) is 0 Å². The van der Waals surface area contributed by atoms with Crippen LogP contribution in [0.4, 0.5) is 0 Å². The molecule has 0 saturated heterocycles. The van der Waals surface area contributed by atoms with Gasteiger partial charge in [0.2, 0.25) is 0 Å².